The Kier molecular flexibility index (Phi) is 5.35. The number of anilines is 1. The fourth-order valence-electron chi connectivity index (χ4n) is 2.15. The zero-order valence-corrected chi connectivity index (χ0v) is 12.6. The lowest BCUT2D eigenvalue weighted by atomic mass is 10.2. The highest BCUT2D eigenvalue weighted by Gasteiger charge is 2.32. The summed E-state index contributed by atoms with van der Waals surface area (Å²) in [6.45, 7) is 3.63. The predicted octanol–water partition coefficient (Wildman–Crippen LogP) is 3.63. The molecule has 0 bridgehead atoms. The topological polar surface area (TPSA) is 19.4 Å². The Morgan fingerprint density at radius 2 is 1.90 bits per heavy atom. The van der Waals surface area contributed by atoms with Crippen LogP contribution in [0.15, 0.2) is 23.9 Å². The molecule has 0 saturated carbocycles. The summed E-state index contributed by atoms with van der Waals surface area (Å²) in [5, 5.41) is 0.0268. The Balaban J connectivity index is 2.04. The van der Waals surface area contributed by atoms with E-state index in [1.54, 1.807) is 0 Å². The summed E-state index contributed by atoms with van der Waals surface area (Å²) in [6.07, 6.45) is -1.76. The molecular formula is C13H14Cl2F3N3. The summed E-state index contributed by atoms with van der Waals surface area (Å²) in [5.41, 5.74) is 0.642. The van der Waals surface area contributed by atoms with Crippen molar-refractivity contribution in [2.24, 2.45) is 0 Å². The molecule has 1 saturated heterocycles. The van der Waals surface area contributed by atoms with E-state index in [4.69, 9.17) is 23.2 Å². The van der Waals surface area contributed by atoms with Crippen molar-refractivity contribution in [1.29, 1.82) is 0 Å². The van der Waals surface area contributed by atoms with Crippen LogP contribution < -0.4 is 4.90 Å². The van der Waals surface area contributed by atoms with Gasteiger partial charge in [-0.05, 0) is 6.07 Å². The van der Waals surface area contributed by atoms with Gasteiger partial charge in [0, 0.05) is 44.5 Å². The van der Waals surface area contributed by atoms with Gasteiger partial charge in [-0.1, -0.05) is 29.3 Å². The molecule has 21 heavy (non-hydrogen) atoms. The normalized spacial score (nSPS) is 17.7. The SMILES string of the molecule is FC(F)(F)c1cnc(N2CCN(C/C=C/Cl)CC2)c(Cl)c1. The Morgan fingerprint density at radius 3 is 2.43 bits per heavy atom. The van der Waals surface area contributed by atoms with Gasteiger partial charge in [-0.3, -0.25) is 4.90 Å². The zero-order valence-electron chi connectivity index (χ0n) is 11.1. The van der Waals surface area contributed by atoms with Crippen LogP contribution in [0.1, 0.15) is 5.56 Å². The second-order valence-corrected chi connectivity index (χ2v) is 5.34. The van der Waals surface area contributed by atoms with E-state index >= 15 is 0 Å². The summed E-state index contributed by atoms with van der Waals surface area (Å²) in [4.78, 5) is 7.96. The van der Waals surface area contributed by atoms with Crippen LogP contribution in [0.5, 0.6) is 0 Å². The molecule has 0 radical (unpaired) electrons. The number of pyridine rings is 1. The van der Waals surface area contributed by atoms with Crippen LogP contribution in [-0.2, 0) is 6.18 Å². The lowest BCUT2D eigenvalue weighted by Gasteiger charge is -2.35. The molecule has 0 unspecified atom stereocenters. The van der Waals surface area contributed by atoms with Crippen LogP contribution in [0.4, 0.5) is 19.0 Å². The molecule has 1 aromatic heterocycles. The highest BCUT2D eigenvalue weighted by Crippen LogP contribution is 2.33. The Bertz CT molecular complexity index is 512. The predicted molar refractivity (Wildman–Crippen MR) is 77.9 cm³/mol. The Morgan fingerprint density at radius 1 is 1.24 bits per heavy atom. The van der Waals surface area contributed by atoms with Crippen LogP contribution in [0.2, 0.25) is 5.02 Å². The van der Waals surface area contributed by atoms with Crippen molar-refractivity contribution >= 4 is 29.0 Å². The van der Waals surface area contributed by atoms with Gasteiger partial charge in [0.25, 0.3) is 0 Å². The van der Waals surface area contributed by atoms with Crippen LogP contribution in [0.3, 0.4) is 0 Å². The smallest absolute Gasteiger partial charge is 0.353 e. The number of hydrogen-bond acceptors (Lipinski definition) is 3. The first-order chi connectivity index (χ1) is 9.91. The maximum Gasteiger partial charge on any atom is 0.417 e. The molecule has 2 rings (SSSR count). The standard InChI is InChI=1S/C13H14Cl2F3N3/c14-2-1-3-20-4-6-21(7-5-20)12-11(15)8-10(9-19-12)13(16,17)18/h1-2,8-9H,3-7H2/b2-1+. The molecule has 3 nitrogen and oxygen atoms in total. The summed E-state index contributed by atoms with van der Waals surface area (Å²) in [7, 11) is 0. The minimum Gasteiger partial charge on any atom is -0.353 e. The fourth-order valence-corrected chi connectivity index (χ4v) is 2.52. The highest BCUT2D eigenvalue weighted by molar-refractivity contribution is 6.33. The molecule has 0 N–H and O–H groups in total. The van der Waals surface area contributed by atoms with Crippen molar-refractivity contribution in [3.63, 3.8) is 0 Å². The summed E-state index contributed by atoms with van der Waals surface area (Å²) >= 11 is 11.4. The van der Waals surface area contributed by atoms with Crippen LogP contribution >= 0.6 is 23.2 Å². The first-order valence-electron chi connectivity index (χ1n) is 6.37. The second kappa shape index (κ2) is 6.85. The number of aromatic nitrogens is 1. The van der Waals surface area contributed by atoms with Gasteiger partial charge in [-0.2, -0.15) is 13.2 Å². The molecule has 0 amide bonds. The molecule has 0 atom stereocenters. The quantitative estimate of drug-likeness (QED) is 0.838. The van der Waals surface area contributed by atoms with Crippen molar-refractivity contribution in [3.05, 3.63) is 34.5 Å². The molecule has 1 aliphatic heterocycles. The van der Waals surface area contributed by atoms with E-state index in [-0.39, 0.29) is 5.02 Å². The Labute approximate surface area is 130 Å². The second-order valence-electron chi connectivity index (χ2n) is 4.68. The van der Waals surface area contributed by atoms with E-state index in [1.165, 1.54) is 5.54 Å². The van der Waals surface area contributed by atoms with E-state index in [0.717, 1.165) is 31.9 Å². The highest BCUT2D eigenvalue weighted by atomic mass is 35.5. The van der Waals surface area contributed by atoms with Crippen LogP contribution in [0.25, 0.3) is 0 Å². The zero-order chi connectivity index (χ0) is 15.5. The first-order valence-corrected chi connectivity index (χ1v) is 7.18. The van der Waals surface area contributed by atoms with Gasteiger partial charge in [0.15, 0.2) is 0 Å². The largest absolute Gasteiger partial charge is 0.417 e. The lowest BCUT2D eigenvalue weighted by molar-refractivity contribution is -0.137. The van der Waals surface area contributed by atoms with Crippen molar-refractivity contribution in [2.75, 3.05) is 37.6 Å². The molecule has 0 spiro atoms. The van der Waals surface area contributed by atoms with E-state index in [9.17, 15) is 13.2 Å². The van der Waals surface area contributed by atoms with E-state index < -0.39 is 11.7 Å². The van der Waals surface area contributed by atoms with Crippen molar-refractivity contribution < 1.29 is 13.2 Å². The average molecular weight is 340 g/mol. The first kappa shape index (κ1) is 16.4. The number of halogens is 5. The third-order valence-electron chi connectivity index (χ3n) is 3.27. The van der Waals surface area contributed by atoms with Gasteiger partial charge in [-0.15, -0.1) is 0 Å². The van der Waals surface area contributed by atoms with E-state index in [0.29, 0.717) is 18.9 Å². The molecular weight excluding hydrogens is 326 g/mol. The third-order valence-corrected chi connectivity index (χ3v) is 3.73. The summed E-state index contributed by atoms with van der Waals surface area (Å²) in [5.74, 6) is 0.400. The summed E-state index contributed by atoms with van der Waals surface area (Å²) in [6, 6.07) is 0.923. The molecule has 0 aliphatic carbocycles. The van der Waals surface area contributed by atoms with Crippen LogP contribution in [-0.4, -0.2) is 42.6 Å². The summed E-state index contributed by atoms with van der Waals surface area (Å²) < 4.78 is 37.7. The van der Waals surface area contributed by atoms with Gasteiger partial charge in [0.1, 0.15) is 5.82 Å². The Hall–Kier alpha value is -0.980. The lowest BCUT2D eigenvalue weighted by Crippen LogP contribution is -2.46. The molecule has 1 aliphatic rings. The van der Waals surface area contributed by atoms with Gasteiger partial charge >= 0.3 is 6.18 Å². The van der Waals surface area contributed by atoms with Crippen molar-refractivity contribution in [3.8, 4) is 0 Å². The van der Waals surface area contributed by atoms with Gasteiger partial charge in [0.05, 0.1) is 10.6 Å². The minimum absolute atomic E-state index is 0.0268. The van der Waals surface area contributed by atoms with Crippen LogP contribution in [0, 0.1) is 0 Å². The molecule has 0 aromatic carbocycles. The fraction of sp³-hybridized carbons (Fsp3) is 0.462. The average Bonchev–Trinajstić information content (AvgIpc) is 2.45. The number of alkyl halides is 3. The monoisotopic (exact) mass is 339 g/mol. The maximum atomic E-state index is 12.6. The van der Waals surface area contributed by atoms with E-state index in [2.05, 4.69) is 9.88 Å². The molecule has 2 heterocycles. The maximum absolute atomic E-state index is 12.6. The van der Waals surface area contributed by atoms with Crippen molar-refractivity contribution in [2.45, 2.75) is 6.18 Å². The molecule has 1 aromatic rings. The number of rotatable bonds is 3. The third kappa shape index (κ3) is 4.25. The number of piperazine rings is 1. The van der Waals surface area contributed by atoms with Gasteiger partial charge in [0.2, 0.25) is 0 Å². The van der Waals surface area contributed by atoms with Gasteiger partial charge < -0.3 is 4.90 Å². The number of nitrogens with zero attached hydrogens (tertiary/aromatic N) is 3. The van der Waals surface area contributed by atoms with Crippen molar-refractivity contribution in [1.82, 2.24) is 9.88 Å². The molecule has 8 heteroatoms. The van der Waals surface area contributed by atoms with Gasteiger partial charge in [-0.25, -0.2) is 4.98 Å². The number of hydrogen-bond donors (Lipinski definition) is 0. The molecule has 116 valence electrons. The minimum atomic E-state index is -4.43. The van der Waals surface area contributed by atoms with E-state index in [1.807, 2.05) is 11.0 Å². The molecule has 1 fully saturated rings.